The van der Waals surface area contributed by atoms with E-state index in [0.29, 0.717) is 0 Å². The topological polar surface area (TPSA) is 44.1 Å². The van der Waals surface area contributed by atoms with Crippen molar-refractivity contribution in [2.45, 2.75) is 25.8 Å². The predicted molar refractivity (Wildman–Crippen MR) is 62.7 cm³/mol. The molecule has 0 bridgehead atoms. The summed E-state index contributed by atoms with van der Waals surface area (Å²) in [5.74, 6) is -0.234. The van der Waals surface area contributed by atoms with E-state index in [1.165, 1.54) is 4.90 Å². The Kier molecular flexibility index (Phi) is 4.07. The molecule has 3 nitrogen and oxygen atoms in total. The molecule has 2 atom stereocenters. The molecular weight excluding hydrogens is 200 g/mol. The van der Waals surface area contributed by atoms with Gasteiger partial charge in [0.1, 0.15) is 6.04 Å². The number of carbonyl (C=O) groups excluding carboxylic acids is 1. The minimum absolute atomic E-state index is 0.0275. The van der Waals surface area contributed by atoms with E-state index in [2.05, 4.69) is 6.07 Å². The van der Waals surface area contributed by atoms with Crippen LogP contribution in [0, 0.1) is 11.3 Å². The van der Waals surface area contributed by atoms with E-state index in [1.807, 2.05) is 37.3 Å². The molecule has 0 spiro atoms. The maximum absolute atomic E-state index is 12.0. The number of nitrogens with zero attached hydrogens (tertiary/aromatic N) is 2. The lowest BCUT2D eigenvalue weighted by atomic mass is 9.99. The fourth-order valence-electron chi connectivity index (χ4n) is 1.47. The van der Waals surface area contributed by atoms with Crippen molar-refractivity contribution < 1.29 is 4.79 Å². The molecule has 1 rings (SSSR count). The van der Waals surface area contributed by atoms with Crippen LogP contribution in [0.5, 0.6) is 0 Å². The Morgan fingerprint density at radius 2 is 1.88 bits per heavy atom. The summed E-state index contributed by atoms with van der Waals surface area (Å²) in [5.41, 5.74) is 0.976. The molecule has 84 valence electrons. The van der Waals surface area contributed by atoms with Crippen molar-refractivity contribution in [3.05, 3.63) is 35.9 Å². The van der Waals surface area contributed by atoms with E-state index >= 15 is 0 Å². The second-order valence-corrected chi connectivity index (χ2v) is 3.89. The predicted octanol–water partition coefficient (Wildman–Crippen LogP) is 2.16. The fourth-order valence-corrected chi connectivity index (χ4v) is 1.47. The van der Waals surface area contributed by atoms with Gasteiger partial charge in [0.05, 0.1) is 12.0 Å². The van der Waals surface area contributed by atoms with Crippen LogP contribution in [0.4, 0.5) is 0 Å². The smallest absolute Gasteiger partial charge is 0.230 e. The quantitative estimate of drug-likeness (QED) is 0.777. The Hall–Kier alpha value is -1.82. The lowest BCUT2D eigenvalue weighted by Crippen LogP contribution is -2.36. The van der Waals surface area contributed by atoms with Crippen molar-refractivity contribution in [2.75, 3.05) is 7.05 Å². The van der Waals surface area contributed by atoms with Crippen LogP contribution in [0.2, 0.25) is 0 Å². The maximum Gasteiger partial charge on any atom is 0.230 e. The summed E-state index contributed by atoms with van der Waals surface area (Å²) in [7, 11) is 1.66. The first-order valence-electron chi connectivity index (χ1n) is 5.29. The van der Waals surface area contributed by atoms with Gasteiger partial charge in [-0.05, 0) is 19.4 Å². The van der Waals surface area contributed by atoms with Crippen LogP contribution < -0.4 is 0 Å². The first-order chi connectivity index (χ1) is 7.57. The number of carbonyl (C=O) groups is 1. The number of nitriles is 1. The van der Waals surface area contributed by atoms with Gasteiger partial charge >= 0.3 is 0 Å². The molecule has 1 amide bonds. The molecule has 1 aromatic rings. The Labute approximate surface area is 96.3 Å². The Morgan fingerprint density at radius 1 is 1.31 bits per heavy atom. The average molecular weight is 216 g/mol. The monoisotopic (exact) mass is 216 g/mol. The van der Waals surface area contributed by atoms with Crippen molar-refractivity contribution in [1.82, 2.24) is 4.90 Å². The highest BCUT2D eigenvalue weighted by Gasteiger charge is 2.22. The van der Waals surface area contributed by atoms with Crippen LogP contribution in [0.1, 0.15) is 25.3 Å². The molecule has 0 saturated heterocycles. The summed E-state index contributed by atoms with van der Waals surface area (Å²) in [6.45, 7) is 3.58. The van der Waals surface area contributed by atoms with E-state index in [9.17, 15) is 4.79 Å². The molecule has 0 heterocycles. The molecule has 0 aromatic heterocycles. The van der Waals surface area contributed by atoms with E-state index in [0.717, 1.165) is 5.56 Å². The number of hydrogen-bond acceptors (Lipinski definition) is 2. The lowest BCUT2D eigenvalue weighted by Gasteiger charge is -2.23. The van der Waals surface area contributed by atoms with Gasteiger partial charge in [-0.1, -0.05) is 30.3 Å². The van der Waals surface area contributed by atoms with Gasteiger partial charge < -0.3 is 4.90 Å². The maximum atomic E-state index is 12.0. The van der Waals surface area contributed by atoms with Crippen LogP contribution in [-0.2, 0) is 4.79 Å². The van der Waals surface area contributed by atoms with Crippen molar-refractivity contribution >= 4 is 5.91 Å². The number of hydrogen-bond donors (Lipinski definition) is 0. The number of amides is 1. The number of likely N-dealkylation sites (N-methyl/N-ethyl adjacent to an activating group) is 1. The Bertz CT molecular complexity index is 394. The fraction of sp³-hybridized carbons (Fsp3) is 0.385. The molecule has 0 radical (unpaired) electrons. The van der Waals surface area contributed by atoms with Gasteiger partial charge in [0.2, 0.25) is 5.91 Å². The van der Waals surface area contributed by atoms with Crippen molar-refractivity contribution in [3.8, 4) is 6.07 Å². The summed E-state index contributed by atoms with van der Waals surface area (Å²) < 4.78 is 0. The second kappa shape index (κ2) is 5.32. The Balaban J connectivity index is 2.80. The first kappa shape index (κ1) is 12.3. The zero-order chi connectivity index (χ0) is 12.1. The summed E-state index contributed by atoms with van der Waals surface area (Å²) in [5, 5.41) is 8.76. The molecule has 1 aromatic carbocycles. The highest BCUT2D eigenvalue weighted by Crippen LogP contribution is 2.17. The molecule has 0 fully saturated rings. The van der Waals surface area contributed by atoms with Crippen molar-refractivity contribution in [1.29, 1.82) is 5.26 Å². The van der Waals surface area contributed by atoms with E-state index in [4.69, 9.17) is 5.26 Å². The third kappa shape index (κ3) is 2.60. The van der Waals surface area contributed by atoms with Crippen LogP contribution >= 0.6 is 0 Å². The Morgan fingerprint density at radius 3 is 2.38 bits per heavy atom. The number of benzene rings is 1. The minimum atomic E-state index is -0.390. The normalized spacial score (nSPS) is 13.6. The van der Waals surface area contributed by atoms with Gasteiger partial charge in [0, 0.05) is 7.05 Å². The summed E-state index contributed by atoms with van der Waals surface area (Å²) >= 11 is 0. The lowest BCUT2D eigenvalue weighted by molar-refractivity contribution is -0.132. The molecule has 16 heavy (non-hydrogen) atoms. The van der Waals surface area contributed by atoms with Gasteiger partial charge in [-0.3, -0.25) is 4.79 Å². The second-order valence-electron chi connectivity index (χ2n) is 3.89. The third-order valence-electron chi connectivity index (χ3n) is 2.79. The van der Waals surface area contributed by atoms with Crippen LogP contribution in [0.15, 0.2) is 30.3 Å². The van der Waals surface area contributed by atoms with E-state index in [-0.39, 0.29) is 11.8 Å². The highest BCUT2D eigenvalue weighted by molar-refractivity contribution is 5.83. The molecule has 3 heteroatoms. The van der Waals surface area contributed by atoms with E-state index in [1.54, 1.807) is 14.0 Å². The number of rotatable bonds is 3. The highest BCUT2D eigenvalue weighted by atomic mass is 16.2. The van der Waals surface area contributed by atoms with Crippen LogP contribution in [-0.4, -0.2) is 23.9 Å². The summed E-state index contributed by atoms with van der Waals surface area (Å²) in [4.78, 5) is 13.5. The van der Waals surface area contributed by atoms with Gasteiger partial charge in [0.25, 0.3) is 0 Å². The summed E-state index contributed by atoms with van der Waals surface area (Å²) in [6, 6.07) is 11.3. The van der Waals surface area contributed by atoms with E-state index < -0.39 is 6.04 Å². The zero-order valence-corrected chi connectivity index (χ0v) is 9.84. The molecule has 0 aliphatic carbocycles. The molecule has 2 unspecified atom stereocenters. The van der Waals surface area contributed by atoms with Gasteiger partial charge in [0.15, 0.2) is 0 Å². The minimum Gasteiger partial charge on any atom is -0.329 e. The summed E-state index contributed by atoms with van der Waals surface area (Å²) in [6.07, 6.45) is 0. The standard InChI is InChI=1S/C13H16N2O/c1-10(9-14)15(3)13(16)11(2)12-7-5-4-6-8-12/h4-8,10-11H,1-3H3. The average Bonchev–Trinajstić information content (AvgIpc) is 2.36. The van der Waals surface area contributed by atoms with Crippen molar-refractivity contribution in [2.24, 2.45) is 0 Å². The van der Waals surface area contributed by atoms with Gasteiger partial charge in [-0.15, -0.1) is 0 Å². The van der Waals surface area contributed by atoms with Crippen LogP contribution in [0.25, 0.3) is 0 Å². The van der Waals surface area contributed by atoms with Crippen LogP contribution in [0.3, 0.4) is 0 Å². The van der Waals surface area contributed by atoms with Crippen molar-refractivity contribution in [3.63, 3.8) is 0 Å². The van der Waals surface area contributed by atoms with Gasteiger partial charge in [-0.25, -0.2) is 0 Å². The molecule has 0 aliphatic heterocycles. The van der Waals surface area contributed by atoms with Gasteiger partial charge in [-0.2, -0.15) is 5.26 Å². The molecule has 0 N–H and O–H groups in total. The largest absolute Gasteiger partial charge is 0.329 e. The zero-order valence-electron chi connectivity index (χ0n) is 9.84. The third-order valence-corrected chi connectivity index (χ3v) is 2.79. The molecular formula is C13H16N2O. The first-order valence-corrected chi connectivity index (χ1v) is 5.29. The SMILES string of the molecule is CC(C(=O)N(C)C(C)C#N)c1ccccc1. The molecule has 0 aliphatic rings. The molecule has 0 saturated carbocycles.